The van der Waals surface area contributed by atoms with Crippen molar-refractivity contribution < 1.29 is 18.5 Å². The molecule has 2 aromatic rings. The minimum absolute atomic E-state index is 0.320. The molecule has 0 radical (unpaired) electrons. The van der Waals surface area contributed by atoms with Crippen molar-refractivity contribution in [1.82, 2.24) is 0 Å². The Morgan fingerprint density at radius 3 is 2.22 bits per heavy atom. The molecule has 0 unspecified atom stereocenters. The number of benzene rings is 1. The van der Waals surface area contributed by atoms with Gasteiger partial charge in [-0.2, -0.15) is 0 Å². The molecule has 1 aromatic carbocycles. The summed E-state index contributed by atoms with van der Waals surface area (Å²) in [6.07, 6.45) is 0.705. The van der Waals surface area contributed by atoms with Crippen molar-refractivity contribution in [2.75, 3.05) is 0 Å². The lowest BCUT2D eigenvalue weighted by Gasteiger charge is -2.32. The molecule has 1 saturated heterocycles. The molecule has 0 N–H and O–H groups in total. The quantitative estimate of drug-likeness (QED) is 0.644. The normalized spacial score (nSPS) is 19.1. The summed E-state index contributed by atoms with van der Waals surface area (Å²) in [7, 11) is -0.417. The van der Waals surface area contributed by atoms with Gasteiger partial charge in [-0.25, -0.2) is 0 Å². The van der Waals surface area contributed by atoms with Crippen LogP contribution in [-0.4, -0.2) is 24.6 Å². The SMILES string of the molecule is Cc1ccc(B2OC(C)(C)C(C)(C)O2)cc1-c1ccc(C=O)o1. The molecule has 3 rings (SSSR count). The number of hydrogen-bond donors (Lipinski definition) is 0. The smallest absolute Gasteiger partial charge is 0.453 e. The highest BCUT2D eigenvalue weighted by Crippen LogP contribution is 2.37. The average molecular weight is 312 g/mol. The van der Waals surface area contributed by atoms with Gasteiger partial charge in [0.15, 0.2) is 12.0 Å². The van der Waals surface area contributed by atoms with Crippen molar-refractivity contribution in [3.8, 4) is 11.3 Å². The van der Waals surface area contributed by atoms with Crippen LogP contribution in [0.2, 0.25) is 0 Å². The van der Waals surface area contributed by atoms with E-state index < -0.39 is 7.12 Å². The van der Waals surface area contributed by atoms with Gasteiger partial charge in [0.25, 0.3) is 0 Å². The Balaban J connectivity index is 1.97. The maximum Gasteiger partial charge on any atom is 0.494 e. The predicted octanol–water partition coefficient (Wildman–Crippen LogP) is 3.37. The van der Waals surface area contributed by atoms with Crippen LogP contribution in [0.15, 0.2) is 34.7 Å². The fourth-order valence-corrected chi connectivity index (χ4v) is 2.59. The van der Waals surface area contributed by atoms with Crippen molar-refractivity contribution in [3.63, 3.8) is 0 Å². The highest BCUT2D eigenvalue weighted by molar-refractivity contribution is 6.62. The van der Waals surface area contributed by atoms with Gasteiger partial charge in [0.2, 0.25) is 0 Å². The number of carbonyl (C=O) groups excluding carboxylic acids is 1. The van der Waals surface area contributed by atoms with E-state index in [0.29, 0.717) is 17.8 Å². The number of hydrogen-bond acceptors (Lipinski definition) is 4. The van der Waals surface area contributed by atoms with Crippen LogP contribution in [0.1, 0.15) is 43.8 Å². The summed E-state index contributed by atoms with van der Waals surface area (Å²) < 4.78 is 17.7. The molecule has 0 saturated carbocycles. The third-order valence-corrected chi connectivity index (χ3v) is 4.80. The van der Waals surface area contributed by atoms with Gasteiger partial charge < -0.3 is 13.7 Å². The second kappa shape index (κ2) is 5.36. The maximum atomic E-state index is 10.8. The highest BCUT2D eigenvalue weighted by atomic mass is 16.7. The lowest BCUT2D eigenvalue weighted by molar-refractivity contribution is 0.00578. The molecule has 5 heteroatoms. The predicted molar refractivity (Wildman–Crippen MR) is 90.0 cm³/mol. The fourth-order valence-electron chi connectivity index (χ4n) is 2.59. The van der Waals surface area contributed by atoms with Gasteiger partial charge in [0.1, 0.15) is 5.76 Å². The molecule has 0 amide bonds. The van der Waals surface area contributed by atoms with Crippen LogP contribution in [0.4, 0.5) is 0 Å². The molecule has 0 bridgehead atoms. The molecule has 1 aliphatic heterocycles. The topological polar surface area (TPSA) is 48.7 Å². The zero-order chi connectivity index (χ0) is 16.8. The molecule has 2 heterocycles. The summed E-state index contributed by atoms with van der Waals surface area (Å²) in [6, 6.07) is 9.50. The first kappa shape index (κ1) is 16.0. The van der Waals surface area contributed by atoms with E-state index >= 15 is 0 Å². The van der Waals surface area contributed by atoms with Gasteiger partial charge in [0.05, 0.1) is 11.2 Å². The molecule has 0 spiro atoms. The molecule has 0 aliphatic carbocycles. The standard InChI is InChI=1S/C18H21BO4/c1-12-6-7-13(19-22-17(2,3)18(4,5)23-19)10-15(12)16-9-8-14(11-20)21-16/h6-11H,1-5H3. The lowest BCUT2D eigenvalue weighted by Crippen LogP contribution is -2.41. The zero-order valence-electron chi connectivity index (χ0n) is 14.2. The first-order valence-electron chi connectivity index (χ1n) is 7.75. The summed E-state index contributed by atoms with van der Waals surface area (Å²) in [5.41, 5.74) is 2.19. The first-order valence-corrected chi connectivity index (χ1v) is 7.75. The Hall–Kier alpha value is -1.85. The third kappa shape index (κ3) is 2.75. The Morgan fingerprint density at radius 2 is 1.65 bits per heavy atom. The molecule has 120 valence electrons. The summed E-state index contributed by atoms with van der Waals surface area (Å²) in [4.78, 5) is 10.8. The molecular weight excluding hydrogens is 291 g/mol. The van der Waals surface area contributed by atoms with E-state index in [4.69, 9.17) is 13.7 Å². The van der Waals surface area contributed by atoms with Crippen LogP contribution in [0.25, 0.3) is 11.3 Å². The van der Waals surface area contributed by atoms with E-state index in [0.717, 1.165) is 16.6 Å². The summed E-state index contributed by atoms with van der Waals surface area (Å²) >= 11 is 0. The zero-order valence-corrected chi connectivity index (χ0v) is 14.2. The second-order valence-corrected chi connectivity index (χ2v) is 6.98. The van der Waals surface area contributed by atoms with Crippen LogP contribution in [-0.2, 0) is 9.31 Å². The number of rotatable bonds is 3. The largest absolute Gasteiger partial charge is 0.494 e. The first-order chi connectivity index (χ1) is 10.7. The Bertz CT molecular complexity index is 729. The van der Waals surface area contributed by atoms with Gasteiger partial charge in [-0.15, -0.1) is 0 Å². The van der Waals surface area contributed by atoms with Crippen LogP contribution in [0.3, 0.4) is 0 Å². The molecule has 23 heavy (non-hydrogen) atoms. The fraction of sp³-hybridized carbons (Fsp3) is 0.389. The second-order valence-electron chi connectivity index (χ2n) is 6.98. The Kier molecular flexibility index (Phi) is 3.73. The Labute approximate surface area is 136 Å². The number of aryl methyl sites for hydroxylation is 1. The molecular formula is C18H21BO4. The van der Waals surface area contributed by atoms with Gasteiger partial charge >= 0.3 is 7.12 Å². The molecule has 1 fully saturated rings. The summed E-state index contributed by atoms with van der Waals surface area (Å²) in [5, 5.41) is 0. The summed E-state index contributed by atoms with van der Waals surface area (Å²) in [5.74, 6) is 0.989. The van der Waals surface area contributed by atoms with Crippen LogP contribution in [0, 0.1) is 6.92 Å². The number of furan rings is 1. The molecule has 0 atom stereocenters. The summed E-state index contributed by atoms with van der Waals surface area (Å²) in [6.45, 7) is 10.1. The van der Waals surface area contributed by atoms with E-state index in [1.165, 1.54) is 0 Å². The third-order valence-electron chi connectivity index (χ3n) is 4.80. The average Bonchev–Trinajstić information content (AvgIpc) is 3.02. The van der Waals surface area contributed by atoms with E-state index in [9.17, 15) is 4.79 Å². The van der Waals surface area contributed by atoms with Crippen LogP contribution >= 0.6 is 0 Å². The molecule has 1 aromatic heterocycles. The van der Waals surface area contributed by atoms with Crippen LogP contribution < -0.4 is 5.46 Å². The van der Waals surface area contributed by atoms with Crippen LogP contribution in [0.5, 0.6) is 0 Å². The van der Waals surface area contributed by atoms with Crippen molar-refractivity contribution >= 4 is 18.9 Å². The van der Waals surface area contributed by atoms with Gasteiger partial charge in [-0.3, -0.25) is 4.79 Å². The molecule has 1 aliphatic rings. The van der Waals surface area contributed by atoms with E-state index in [-0.39, 0.29) is 11.2 Å². The lowest BCUT2D eigenvalue weighted by atomic mass is 9.77. The van der Waals surface area contributed by atoms with Gasteiger partial charge in [-0.1, -0.05) is 18.2 Å². The van der Waals surface area contributed by atoms with Crippen molar-refractivity contribution in [2.45, 2.75) is 45.8 Å². The Morgan fingerprint density at radius 1 is 1.00 bits per heavy atom. The van der Waals surface area contributed by atoms with Gasteiger partial charge in [-0.05, 0) is 57.8 Å². The van der Waals surface area contributed by atoms with Crippen molar-refractivity contribution in [3.05, 3.63) is 41.7 Å². The van der Waals surface area contributed by atoms with E-state index in [2.05, 4.69) is 0 Å². The minimum atomic E-state index is -0.417. The molecule has 4 nitrogen and oxygen atoms in total. The number of carbonyl (C=O) groups is 1. The monoisotopic (exact) mass is 312 g/mol. The van der Waals surface area contributed by atoms with E-state index in [1.54, 1.807) is 12.1 Å². The van der Waals surface area contributed by atoms with E-state index in [1.807, 2.05) is 52.8 Å². The van der Waals surface area contributed by atoms with Gasteiger partial charge in [0, 0.05) is 5.56 Å². The maximum absolute atomic E-state index is 10.8. The minimum Gasteiger partial charge on any atom is -0.453 e. The highest BCUT2D eigenvalue weighted by Gasteiger charge is 2.51. The van der Waals surface area contributed by atoms with Crippen molar-refractivity contribution in [2.24, 2.45) is 0 Å². The number of aldehydes is 1. The van der Waals surface area contributed by atoms with Crippen molar-refractivity contribution in [1.29, 1.82) is 0 Å².